The molecule has 1 aromatic heterocycles. The number of benzene rings is 2. The lowest BCUT2D eigenvalue weighted by Gasteiger charge is -2.12. The van der Waals surface area contributed by atoms with E-state index in [0.717, 1.165) is 41.1 Å². The van der Waals surface area contributed by atoms with Gasteiger partial charge in [-0.3, -0.25) is 24.6 Å². The maximum absolute atomic E-state index is 12.8. The fraction of sp³-hybridized carbons (Fsp3) is 0.190. The molecule has 0 saturated carbocycles. The van der Waals surface area contributed by atoms with Crippen molar-refractivity contribution in [2.75, 3.05) is 0 Å². The molecule has 2 amide bonds. The molecule has 8 heteroatoms. The van der Waals surface area contributed by atoms with Crippen LogP contribution in [-0.4, -0.2) is 31.4 Å². The van der Waals surface area contributed by atoms with Crippen LogP contribution in [0.5, 0.6) is 0 Å². The molecule has 0 unspecified atom stereocenters. The number of carbonyl (C=O) groups excluding carboxylic acids is 2. The Morgan fingerprint density at radius 2 is 1.76 bits per heavy atom. The fourth-order valence-corrected chi connectivity index (χ4v) is 4.11. The third-order valence-electron chi connectivity index (χ3n) is 5.49. The van der Waals surface area contributed by atoms with E-state index in [9.17, 15) is 19.7 Å². The van der Waals surface area contributed by atoms with E-state index in [1.54, 1.807) is 0 Å². The highest BCUT2D eigenvalue weighted by Crippen LogP contribution is 2.32. The largest absolute Gasteiger partial charge is 0.270 e. The summed E-state index contributed by atoms with van der Waals surface area (Å²) in [6, 6.07) is 13.5. The number of amides is 2. The van der Waals surface area contributed by atoms with E-state index in [2.05, 4.69) is 0 Å². The van der Waals surface area contributed by atoms with Crippen molar-refractivity contribution in [3.8, 4) is 5.69 Å². The number of nitro benzene ring substituents is 1. The van der Waals surface area contributed by atoms with Gasteiger partial charge in [0, 0.05) is 17.8 Å². The summed E-state index contributed by atoms with van der Waals surface area (Å²) in [5.74, 6) is -0.962. The quantitative estimate of drug-likeness (QED) is 0.389. The third-order valence-corrected chi connectivity index (χ3v) is 5.49. The Balaban J connectivity index is 1.51. The highest BCUT2D eigenvalue weighted by Gasteiger charge is 2.38. The highest BCUT2D eigenvalue weighted by atomic mass is 16.6. The molecule has 2 heterocycles. The van der Waals surface area contributed by atoms with Gasteiger partial charge in [-0.15, -0.1) is 0 Å². The van der Waals surface area contributed by atoms with Crippen LogP contribution in [0.4, 0.5) is 5.69 Å². The number of imide groups is 1. The molecular weight excluding hydrogens is 372 g/mol. The van der Waals surface area contributed by atoms with Gasteiger partial charge in [-0.1, -0.05) is 18.2 Å². The first-order chi connectivity index (χ1) is 14.0. The number of nitrogens with zero attached hydrogens (tertiary/aromatic N) is 4. The van der Waals surface area contributed by atoms with Crippen LogP contribution in [0.25, 0.3) is 5.69 Å². The topological polar surface area (TPSA) is 98.3 Å². The minimum atomic E-state index is -0.574. The van der Waals surface area contributed by atoms with Crippen LogP contribution in [0.3, 0.4) is 0 Å². The molecule has 1 aliphatic carbocycles. The van der Waals surface area contributed by atoms with Crippen molar-refractivity contribution in [2.24, 2.45) is 0 Å². The molecule has 3 aromatic rings. The predicted octanol–water partition coefficient (Wildman–Crippen LogP) is 3.07. The van der Waals surface area contributed by atoms with E-state index in [1.165, 1.54) is 18.2 Å². The number of aromatic nitrogens is 2. The summed E-state index contributed by atoms with van der Waals surface area (Å²) in [5, 5.41) is 15.7. The summed E-state index contributed by atoms with van der Waals surface area (Å²) in [6.45, 7) is 0.0578. The Hall–Kier alpha value is -3.81. The fourth-order valence-electron chi connectivity index (χ4n) is 4.11. The Morgan fingerprint density at radius 3 is 2.52 bits per heavy atom. The number of rotatable bonds is 4. The van der Waals surface area contributed by atoms with E-state index in [0.29, 0.717) is 5.69 Å². The van der Waals surface area contributed by atoms with Crippen LogP contribution in [-0.2, 0) is 19.4 Å². The SMILES string of the molecule is O=C1c2ccc([N+](=O)[O-])cc2C(=O)N1Cc1nn(-c2ccccc2)c2c1CCC2. The van der Waals surface area contributed by atoms with Crippen LogP contribution < -0.4 is 0 Å². The van der Waals surface area contributed by atoms with Gasteiger partial charge in [0.1, 0.15) is 0 Å². The molecule has 29 heavy (non-hydrogen) atoms. The Labute approximate surface area is 165 Å². The second-order valence-electron chi connectivity index (χ2n) is 7.16. The zero-order valence-corrected chi connectivity index (χ0v) is 15.4. The Morgan fingerprint density at radius 1 is 1.00 bits per heavy atom. The summed E-state index contributed by atoms with van der Waals surface area (Å²) in [6.07, 6.45) is 2.75. The van der Waals surface area contributed by atoms with Crippen molar-refractivity contribution in [2.45, 2.75) is 25.8 Å². The lowest BCUT2D eigenvalue weighted by atomic mass is 10.1. The van der Waals surface area contributed by atoms with Crippen LogP contribution >= 0.6 is 0 Å². The smallest absolute Gasteiger partial charge is 0.269 e. The summed E-state index contributed by atoms with van der Waals surface area (Å²) in [5.41, 5.74) is 3.89. The minimum absolute atomic E-state index is 0.0578. The predicted molar refractivity (Wildman–Crippen MR) is 103 cm³/mol. The standard InChI is InChI=1S/C21H16N4O4/c26-20-15-10-9-14(25(28)29)11-17(15)21(27)23(20)12-18-16-7-4-8-19(16)24(22-18)13-5-2-1-3-6-13/h1-3,5-6,9-11H,4,7-8,12H2. The van der Waals surface area contributed by atoms with Crippen LogP contribution in [0, 0.1) is 10.1 Å². The molecule has 1 aliphatic heterocycles. The number of hydrogen-bond donors (Lipinski definition) is 0. The van der Waals surface area contributed by atoms with Crippen molar-refractivity contribution < 1.29 is 14.5 Å². The Bertz CT molecular complexity index is 1180. The molecule has 0 fully saturated rings. The molecule has 0 bridgehead atoms. The van der Waals surface area contributed by atoms with Gasteiger partial charge in [-0.05, 0) is 43.0 Å². The average molecular weight is 388 g/mol. The lowest BCUT2D eigenvalue weighted by Crippen LogP contribution is -2.29. The van der Waals surface area contributed by atoms with Gasteiger partial charge in [-0.2, -0.15) is 5.10 Å². The van der Waals surface area contributed by atoms with Crippen LogP contribution in [0.2, 0.25) is 0 Å². The highest BCUT2D eigenvalue weighted by molar-refractivity contribution is 6.21. The molecule has 0 spiro atoms. The van der Waals surface area contributed by atoms with Gasteiger partial charge >= 0.3 is 0 Å². The molecule has 0 radical (unpaired) electrons. The summed E-state index contributed by atoms with van der Waals surface area (Å²) in [7, 11) is 0. The van der Waals surface area contributed by atoms with Gasteiger partial charge in [0.2, 0.25) is 0 Å². The summed E-state index contributed by atoms with van der Waals surface area (Å²) < 4.78 is 1.89. The number of hydrogen-bond acceptors (Lipinski definition) is 5. The van der Waals surface area contributed by atoms with E-state index < -0.39 is 16.7 Å². The number of non-ortho nitro benzene ring substituents is 1. The van der Waals surface area contributed by atoms with Gasteiger partial charge in [0.25, 0.3) is 17.5 Å². The second kappa shape index (κ2) is 6.37. The molecular formula is C21H16N4O4. The molecule has 144 valence electrons. The van der Waals surface area contributed by atoms with Crippen molar-refractivity contribution in [1.29, 1.82) is 0 Å². The van der Waals surface area contributed by atoms with E-state index in [-0.39, 0.29) is 23.4 Å². The molecule has 2 aromatic carbocycles. The molecule has 0 atom stereocenters. The van der Waals surface area contributed by atoms with Gasteiger partial charge in [-0.25, -0.2) is 4.68 Å². The van der Waals surface area contributed by atoms with Gasteiger partial charge < -0.3 is 0 Å². The molecule has 2 aliphatic rings. The maximum Gasteiger partial charge on any atom is 0.270 e. The first-order valence-electron chi connectivity index (χ1n) is 9.34. The van der Waals surface area contributed by atoms with Crippen LogP contribution in [0.15, 0.2) is 48.5 Å². The van der Waals surface area contributed by atoms with E-state index >= 15 is 0 Å². The molecule has 8 nitrogen and oxygen atoms in total. The van der Waals surface area contributed by atoms with E-state index in [4.69, 9.17) is 5.10 Å². The van der Waals surface area contributed by atoms with E-state index in [1.807, 2.05) is 35.0 Å². The normalized spacial score (nSPS) is 15.0. The lowest BCUT2D eigenvalue weighted by molar-refractivity contribution is -0.384. The summed E-state index contributed by atoms with van der Waals surface area (Å²) in [4.78, 5) is 37.1. The number of nitro groups is 1. The van der Waals surface area contributed by atoms with Crippen molar-refractivity contribution >= 4 is 17.5 Å². The van der Waals surface area contributed by atoms with Crippen molar-refractivity contribution in [3.63, 3.8) is 0 Å². The average Bonchev–Trinajstić information content (AvgIpc) is 3.40. The van der Waals surface area contributed by atoms with Gasteiger partial charge in [0.15, 0.2) is 0 Å². The number of fused-ring (bicyclic) bond motifs is 2. The van der Waals surface area contributed by atoms with Crippen molar-refractivity contribution in [1.82, 2.24) is 14.7 Å². The van der Waals surface area contributed by atoms with Gasteiger partial charge in [0.05, 0.1) is 34.0 Å². The zero-order valence-electron chi connectivity index (χ0n) is 15.4. The number of carbonyl (C=O) groups is 2. The van der Waals surface area contributed by atoms with Crippen LogP contribution in [0.1, 0.15) is 44.1 Å². The monoisotopic (exact) mass is 388 g/mol. The summed E-state index contributed by atoms with van der Waals surface area (Å²) >= 11 is 0. The Kier molecular flexibility index (Phi) is 3.80. The maximum atomic E-state index is 12.8. The minimum Gasteiger partial charge on any atom is -0.269 e. The first kappa shape index (κ1) is 17.3. The zero-order chi connectivity index (χ0) is 20.1. The molecule has 5 rings (SSSR count). The molecule has 0 N–H and O–H groups in total. The molecule has 0 saturated heterocycles. The third kappa shape index (κ3) is 2.64. The first-order valence-corrected chi connectivity index (χ1v) is 9.34. The number of para-hydroxylation sites is 1. The van der Waals surface area contributed by atoms with Crippen molar-refractivity contribution in [3.05, 3.63) is 86.7 Å². The second-order valence-corrected chi connectivity index (χ2v) is 7.16.